The number of Topliss-reactive ketones (excluding diaryl/α,β-unsaturated/α-hetero) is 1. The van der Waals surface area contributed by atoms with Crippen molar-refractivity contribution in [2.24, 2.45) is 5.14 Å². The molecular weight excluding hydrogens is 378 g/mol. The highest BCUT2D eigenvalue weighted by molar-refractivity contribution is 7.89. The predicted octanol–water partition coefficient (Wildman–Crippen LogP) is 2.98. The van der Waals surface area contributed by atoms with Crippen molar-refractivity contribution < 1.29 is 22.7 Å². The van der Waals surface area contributed by atoms with Crippen LogP contribution in [0.2, 0.25) is 5.02 Å². The summed E-state index contributed by atoms with van der Waals surface area (Å²) in [5, 5.41) is 5.04. The Balaban J connectivity index is 2.19. The van der Waals surface area contributed by atoms with E-state index >= 15 is 0 Å². The predicted molar refractivity (Wildman–Crippen MR) is 97.9 cm³/mol. The summed E-state index contributed by atoms with van der Waals surface area (Å²) in [5.41, 5.74) is 1.31. The zero-order chi connectivity index (χ0) is 19.5. The minimum atomic E-state index is -4.00. The van der Waals surface area contributed by atoms with Gasteiger partial charge < -0.3 is 4.74 Å². The quantitative estimate of drug-likeness (QED) is 0.598. The number of ketones is 1. The first-order valence-corrected chi connectivity index (χ1v) is 9.72. The number of benzene rings is 2. The van der Waals surface area contributed by atoms with Gasteiger partial charge >= 0.3 is 5.97 Å². The topological polar surface area (TPSA) is 104 Å². The zero-order valence-corrected chi connectivity index (χ0v) is 15.8. The molecule has 0 aliphatic rings. The van der Waals surface area contributed by atoms with Crippen molar-refractivity contribution in [3.63, 3.8) is 0 Å². The molecule has 0 saturated heterocycles. The Bertz CT molecular complexity index is 939. The van der Waals surface area contributed by atoms with Crippen LogP contribution in [0.3, 0.4) is 0 Å². The van der Waals surface area contributed by atoms with Gasteiger partial charge in [-0.15, -0.1) is 0 Å². The molecule has 6 nitrogen and oxygen atoms in total. The lowest BCUT2D eigenvalue weighted by atomic mass is 10.0. The summed E-state index contributed by atoms with van der Waals surface area (Å²) < 4.78 is 28.0. The van der Waals surface area contributed by atoms with Gasteiger partial charge in [0, 0.05) is 5.56 Å². The first-order valence-electron chi connectivity index (χ1n) is 7.80. The van der Waals surface area contributed by atoms with Crippen LogP contribution in [-0.4, -0.2) is 26.3 Å². The number of carbonyl (C=O) groups is 2. The highest BCUT2D eigenvalue weighted by Gasteiger charge is 2.23. The number of rotatable bonds is 6. The highest BCUT2D eigenvalue weighted by Crippen LogP contribution is 2.22. The highest BCUT2D eigenvalue weighted by atomic mass is 35.5. The SMILES string of the molecule is CCc1ccc(C(=O)[C@@H](C)OC(=O)c2cc(S(N)(=O)=O)ccc2Cl)cc1. The van der Waals surface area contributed by atoms with Crippen LogP contribution < -0.4 is 5.14 Å². The molecule has 8 heteroatoms. The van der Waals surface area contributed by atoms with E-state index in [0.717, 1.165) is 18.1 Å². The molecule has 2 aromatic carbocycles. The van der Waals surface area contributed by atoms with Crippen molar-refractivity contribution in [3.05, 3.63) is 64.2 Å². The van der Waals surface area contributed by atoms with E-state index in [2.05, 4.69) is 0 Å². The molecule has 138 valence electrons. The van der Waals surface area contributed by atoms with Crippen LogP contribution in [0, 0.1) is 0 Å². The van der Waals surface area contributed by atoms with E-state index in [0.29, 0.717) is 5.56 Å². The summed E-state index contributed by atoms with van der Waals surface area (Å²) in [7, 11) is -4.00. The maximum absolute atomic E-state index is 12.4. The van der Waals surface area contributed by atoms with E-state index in [4.69, 9.17) is 21.5 Å². The molecule has 2 aromatic rings. The molecular formula is C18H18ClNO5S. The molecule has 0 aliphatic carbocycles. The van der Waals surface area contributed by atoms with Gasteiger partial charge in [-0.1, -0.05) is 42.8 Å². The smallest absolute Gasteiger partial charge is 0.340 e. The Kier molecular flexibility index (Phi) is 6.17. The van der Waals surface area contributed by atoms with E-state index in [1.54, 1.807) is 12.1 Å². The summed E-state index contributed by atoms with van der Waals surface area (Å²) in [4.78, 5) is 24.4. The maximum Gasteiger partial charge on any atom is 0.340 e. The molecule has 0 heterocycles. The minimum Gasteiger partial charge on any atom is -0.451 e. The van der Waals surface area contributed by atoms with E-state index < -0.39 is 22.1 Å². The van der Waals surface area contributed by atoms with Gasteiger partial charge in [-0.25, -0.2) is 18.4 Å². The van der Waals surface area contributed by atoms with Gasteiger partial charge in [0.25, 0.3) is 0 Å². The normalized spacial score (nSPS) is 12.5. The second kappa shape index (κ2) is 7.99. The van der Waals surface area contributed by atoms with Crippen LogP contribution in [0.15, 0.2) is 47.4 Å². The summed E-state index contributed by atoms with van der Waals surface area (Å²) in [6, 6.07) is 10.4. The molecule has 0 fully saturated rings. The number of hydrogen-bond donors (Lipinski definition) is 1. The average Bonchev–Trinajstić information content (AvgIpc) is 2.60. The fraction of sp³-hybridized carbons (Fsp3) is 0.222. The number of ether oxygens (including phenoxy) is 1. The van der Waals surface area contributed by atoms with Crippen molar-refractivity contribution in [1.82, 2.24) is 0 Å². The molecule has 0 spiro atoms. The lowest BCUT2D eigenvalue weighted by Crippen LogP contribution is -2.25. The number of aryl methyl sites for hydroxylation is 1. The number of hydrogen-bond acceptors (Lipinski definition) is 5. The Morgan fingerprint density at radius 3 is 2.31 bits per heavy atom. The van der Waals surface area contributed by atoms with Crippen molar-refractivity contribution in [3.8, 4) is 0 Å². The van der Waals surface area contributed by atoms with E-state index in [1.165, 1.54) is 19.1 Å². The third kappa shape index (κ3) is 4.69. The number of primary sulfonamides is 1. The van der Waals surface area contributed by atoms with Gasteiger partial charge in [0.2, 0.25) is 15.8 Å². The monoisotopic (exact) mass is 395 g/mol. The van der Waals surface area contributed by atoms with Crippen molar-refractivity contribution in [1.29, 1.82) is 0 Å². The summed E-state index contributed by atoms with van der Waals surface area (Å²) in [6.07, 6.45) is -0.220. The fourth-order valence-electron chi connectivity index (χ4n) is 2.25. The lowest BCUT2D eigenvalue weighted by molar-refractivity contribution is 0.0318. The van der Waals surface area contributed by atoms with Crippen LogP contribution in [0.5, 0.6) is 0 Å². The molecule has 0 amide bonds. The first-order chi connectivity index (χ1) is 12.1. The first kappa shape index (κ1) is 20.1. The van der Waals surface area contributed by atoms with Crippen LogP contribution in [0.1, 0.15) is 40.1 Å². The van der Waals surface area contributed by atoms with Crippen molar-refractivity contribution >= 4 is 33.4 Å². The van der Waals surface area contributed by atoms with E-state index in [-0.39, 0.29) is 21.3 Å². The van der Waals surface area contributed by atoms with Crippen molar-refractivity contribution in [2.45, 2.75) is 31.3 Å². The molecule has 0 radical (unpaired) electrons. The number of carbonyl (C=O) groups excluding carboxylic acids is 2. The molecule has 0 bridgehead atoms. The number of sulfonamides is 1. The summed E-state index contributed by atoms with van der Waals surface area (Å²) in [5.74, 6) is -1.29. The Labute approximate surface area is 157 Å². The van der Waals surface area contributed by atoms with Crippen LogP contribution in [0.4, 0.5) is 0 Å². The third-order valence-electron chi connectivity index (χ3n) is 3.79. The number of nitrogens with two attached hydrogens (primary N) is 1. The van der Waals surface area contributed by atoms with Crippen LogP contribution in [-0.2, 0) is 21.2 Å². The molecule has 2 rings (SSSR count). The van der Waals surface area contributed by atoms with Crippen LogP contribution >= 0.6 is 11.6 Å². The van der Waals surface area contributed by atoms with Crippen LogP contribution in [0.25, 0.3) is 0 Å². The van der Waals surface area contributed by atoms with Gasteiger partial charge in [0.15, 0.2) is 6.10 Å². The fourth-order valence-corrected chi connectivity index (χ4v) is 2.99. The lowest BCUT2D eigenvalue weighted by Gasteiger charge is -2.14. The second-order valence-electron chi connectivity index (χ2n) is 5.65. The summed E-state index contributed by atoms with van der Waals surface area (Å²) >= 11 is 5.93. The van der Waals surface area contributed by atoms with Gasteiger partial charge in [-0.3, -0.25) is 4.79 Å². The molecule has 0 aliphatic heterocycles. The molecule has 26 heavy (non-hydrogen) atoms. The minimum absolute atomic E-state index is 0.00523. The molecule has 0 aromatic heterocycles. The van der Waals surface area contributed by atoms with E-state index in [9.17, 15) is 18.0 Å². The second-order valence-corrected chi connectivity index (χ2v) is 7.62. The Morgan fingerprint density at radius 2 is 1.77 bits per heavy atom. The molecule has 2 N–H and O–H groups in total. The average molecular weight is 396 g/mol. The maximum atomic E-state index is 12.4. The standard InChI is InChI=1S/C18H18ClNO5S/c1-3-12-4-6-13(7-5-12)17(21)11(2)25-18(22)15-10-14(26(20,23)24)8-9-16(15)19/h4-11H,3H2,1-2H3,(H2,20,23,24)/t11-/m1/s1. The van der Waals surface area contributed by atoms with Gasteiger partial charge in [-0.05, 0) is 37.1 Å². The summed E-state index contributed by atoms with van der Waals surface area (Å²) in [6.45, 7) is 3.44. The Hall–Kier alpha value is -2.22. The van der Waals surface area contributed by atoms with Crippen molar-refractivity contribution in [2.75, 3.05) is 0 Å². The van der Waals surface area contributed by atoms with Gasteiger partial charge in [0.05, 0.1) is 15.5 Å². The number of halogens is 1. The van der Waals surface area contributed by atoms with E-state index in [1.807, 2.05) is 19.1 Å². The molecule has 0 saturated carbocycles. The van der Waals surface area contributed by atoms with Gasteiger partial charge in [-0.2, -0.15) is 0 Å². The zero-order valence-electron chi connectivity index (χ0n) is 14.2. The Morgan fingerprint density at radius 1 is 1.15 bits per heavy atom. The third-order valence-corrected chi connectivity index (χ3v) is 5.03. The largest absolute Gasteiger partial charge is 0.451 e. The molecule has 1 atom stereocenters. The number of esters is 1. The molecule has 0 unspecified atom stereocenters. The van der Waals surface area contributed by atoms with Gasteiger partial charge in [0.1, 0.15) is 0 Å².